The van der Waals surface area contributed by atoms with Gasteiger partial charge in [0, 0.05) is 36.2 Å². The average molecular weight is 329 g/mol. The highest BCUT2D eigenvalue weighted by Crippen LogP contribution is 2.22. The number of aromatic amines is 1. The van der Waals surface area contributed by atoms with Gasteiger partial charge in [-0.1, -0.05) is 18.2 Å². The largest absolute Gasteiger partial charge is 0.481 e. The molecule has 2 aromatic rings. The van der Waals surface area contributed by atoms with Gasteiger partial charge in [-0.25, -0.2) is 4.79 Å². The molecule has 0 aliphatic carbocycles. The molecule has 128 valence electrons. The van der Waals surface area contributed by atoms with E-state index in [-0.39, 0.29) is 6.03 Å². The molecule has 3 N–H and O–H groups in total. The number of carboxylic acids is 1. The number of carbonyl (C=O) groups excluding carboxylic acids is 1. The van der Waals surface area contributed by atoms with Crippen LogP contribution in [0.2, 0.25) is 0 Å². The Kier molecular flexibility index (Phi) is 4.74. The van der Waals surface area contributed by atoms with Crippen molar-refractivity contribution in [3.63, 3.8) is 0 Å². The van der Waals surface area contributed by atoms with E-state index in [9.17, 15) is 9.59 Å². The van der Waals surface area contributed by atoms with Crippen molar-refractivity contribution in [2.75, 3.05) is 19.6 Å². The summed E-state index contributed by atoms with van der Waals surface area (Å²) in [4.78, 5) is 28.3. The van der Waals surface area contributed by atoms with Crippen LogP contribution in [0.15, 0.2) is 24.3 Å². The third-order valence-electron chi connectivity index (χ3n) is 4.74. The molecule has 6 heteroatoms. The lowest BCUT2D eigenvalue weighted by atomic mass is 9.99. The monoisotopic (exact) mass is 329 g/mol. The number of hydrogen-bond acceptors (Lipinski definition) is 2. The van der Waals surface area contributed by atoms with Gasteiger partial charge in [-0.3, -0.25) is 4.79 Å². The molecule has 0 saturated carbocycles. The van der Waals surface area contributed by atoms with E-state index in [1.807, 2.05) is 25.1 Å². The van der Waals surface area contributed by atoms with Gasteiger partial charge in [0.05, 0.1) is 5.92 Å². The number of piperidine rings is 1. The Morgan fingerprint density at radius 3 is 2.96 bits per heavy atom. The summed E-state index contributed by atoms with van der Waals surface area (Å²) in [5.41, 5.74) is 3.44. The van der Waals surface area contributed by atoms with Crippen molar-refractivity contribution in [1.82, 2.24) is 15.2 Å². The number of rotatable bonds is 4. The quantitative estimate of drug-likeness (QED) is 0.806. The van der Waals surface area contributed by atoms with Gasteiger partial charge in [0.15, 0.2) is 0 Å². The number of nitrogens with one attached hydrogen (secondary N) is 2. The number of benzene rings is 1. The molecule has 2 heterocycles. The molecule has 1 atom stereocenters. The van der Waals surface area contributed by atoms with Crippen molar-refractivity contribution in [1.29, 1.82) is 0 Å². The third-order valence-corrected chi connectivity index (χ3v) is 4.74. The van der Waals surface area contributed by atoms with Crippen LogP contribution in [0.4, 0.5) is 4.79 Å². The van der Waals surface area contributed by atoms with Crippen LogP contribution in [-0.4, -0.2) is 46.6 Å². The number of likely N-dealkylation sites (tertiary alicyclic amines) is 1. The van der Waals surface area contributed by atoms with Crippen molar-refractivity contribution < 1.29 is 14.7 Å². The number of hydrogen-bond donors (Lipinski definition) is 3. The Bertz CT molecular complexity index is 753. The zero-order chi connectivity index (χ0) is 17.1. The minimum atomic E-state index is -0.818. The number of amides is 2. The molecular formula is C18H23N3O3. The lowest BCUT2D eigenvalue weighted by Gasteiger charge is -2.30. The van der Waals surface area contributed by atoms with E-state index in [4.69, 9.17) is 5.11 Å². The van der Waals surface area contributed by atoms with E-state index in [0.717, 1.165) is 24.1 Å². The molecule has 2 amide bonds. The molecule has 3 rings (SSSR count). The zero-order valence-corrected chi connectivity index (χ0v) is 13.8. The SMILES string of the molecule is Cc1[nH]c2ccccc2c1CCNC(=O)N1CCCC(C(=O)O)C1. The van der Waals surface area contributed by atoms with E-state index in [1.54, 1.807) is 4.90 Å². The van der Waals surface area contributed by atoms with Crippen molar-refractivity contribution in [3.8, 4) is 0 Å². The topological polar surface area (TPSA) is 85.4 Å². The van der Waals surface area contributed by atoms with Crippen LogP contribution >= 0.6 is 0 Å². The Morgan fingerprint density at radius 1 is 1.38 bits per heavy atom. The first-order valence-electron chi connectivity index (χ1n) is 8.38. The number of aliphatic carboxylic acids is 1. The van der Waals surface area contributed by atoms with Gasteiger partial charge >= 0.3 is 12.0 Å². The third kappa shape index (κ3) is 3.37. The van der Waals surface area contributed by atoms with Gasteiger partial charge in [0.25, 0.3) is 0 Å². The Labute approximate surface area is 140 Å². The second-order valence-electron chi connectivity index (χ2n) is 6.38. The minimum Gasteiger partial charge on any atom is -0.481 e. The average Bonchev–Trinajstić information content (AvgIpc) is 2.90. The van der Waals surface area contributed by atoms with Crippen LogP contribution in [0.5, 0.6) is 0 Å². The number of nitrogens with zero attached hydrogens (tertiary/aromatic N) is 1. The molecule has 0 spiro atoms. The van der Waals surface area contributed by atoms with Crippen LogP contribution in [0.1, 0.15) is 24.1 Å². The van der Waals surface area contributed by atoms with E-state index in [2.05, 4.69) is 16.4 Å². The Morgan fingerprint density at radius 2 is 2.17 bits per heavy atom. The number of fused-ring (bicyclic) bond motifs is 1. The molecule has 1 aromatic carbocycles. The lowest BCUT2D eigenvalue weighted by Crippen LogP contribution is -2.47. The fraction of sp³-hybridized carbons (Fsp3) is 0.444. The zero-order valence-electron chi connectivity index (χ0n) is 13.8. The molecule has 1 unspecified atom stereocenters. The smallest absolute Gasteiger partial charge is 0.317 e. The summed E-state index contributed by atoms with van der Waals surface area (Å²) >= 11 is 0. The standard InChI is InChI=1S/C18H23N3O3/c1-12-14(15-6-2-3-7-16(15)20-12)8-9-19-18(24)21-10-4-5-13(11-21)17(22)23/h2-3,6-7,13,20H,4-5,8-11H2,1H3,(H,19,24)(H,22,23). The maximum Gasteiger partial charge on any atom is 0.317 e. The second kappa shape index (κ2) is 6.95. The predicted molar refractivity (Wildman–Crippen MR) is 92.1 cm³/mol. The van der Waals surface area contributed by atoms with Gasteiger partial charge < -0.3 is 20.3 Å². The summed E-state index contributed by atoms with van der Waals surface area (Å²) < 4.78 is 0. The van der Waals surface area contributed by atoms with Crippen molar-refractivity contribution in [2.24, 2.45) is 5.92 Å². The highest BCUT2D eigenvalue weighted by Gasteiger charge is 2.27. The van der Waals surface area contributed by atoms with Crippen LogP contribution in [0.25, 0.3) is 10.9 Å². The minimum absolute atomic E-state index is 0.168. The van der Waals surface area contributed by atoms with Gasteiger partial charge in [-0.15, -0.1) is 0 Å². The molecule has 1 aliphatic rings. The molecule has 1 fully saturated rings. The van der Waals surface area contributed by atoms with Gasteiger partial charge in [0.1, 0.15) is 0 Å². The molecule has 1 saturated heterocycles. The maximum absolute atomic E-state index is 12.3. The summed E-state index contributed by atoms with van der Waals surface area (Å²) in [6.07, 6.45) is 2.14. The number of H-pyrrole nitrogens is 1. The van der Waals surface area contributed by atoms with Crippen LogP contribution in [0, 0.1) is 12.8 Å². The van der Waals surface area contributed by atoms with Crippen LogP contribution in [0.3, 0.4) is 0 Å². The van der Waals surface area contributed by atoms with Crippen LogP contribution in [-0.2, 0) is 11.2 Å². The summed E-state index contributed by atoms with van der Waals surface area (Å²) in [5.74, 6) is -1.26. The number of aryl methyl sites for hydroxylation is 1. The molecule has 1 aliphatic heterocycles. The van der Waals surface area contributed by atoms with E-state index < -0.39 is 11.9 Å². The summed E-state index contributed by atoms with van der Waals surface area (Å²) in [5, 5.41) is 13.2. The Hall–Kier alpha value is -2.50. The predicted octanol–water partition coefficient (Wildman–Crippen LogP) is 2.53. The molecule has 0 bridgehead atoms. The van der Waals surface area contributed by atoms with Crippen LogP contribution < -0.4 is 5.32 Å². The van der Waals surface area contributed by atoms with E-state index >= 15 is 0 Å². The summed E-state index contributed by atoms with van der Waals surface area (Å²) in [7, 11) is 0. The fourth-order valence-corrected chi connectivity index (χ4v) is 3.43. The van der Waals surface area contributed by atoms with Crippen molar-refractivity contribution in [3.05, 3.63) is 35.5 Å². The maximum atomic E-state index is 12.3. The number of para-hydroxylation sites is 1. The molecule has 1 aromatic heterocycles. The van der Waals surface area contributed by atoms with Gasteiger partial charge in [0.2, 0.25) is 0 Å². The number of carboxylic acid groups (broad SMARTS) is 1. The van der Waals surface area contributed by atoms with Gasteiger partial charge in [-0.05, 0) is 37.8 Å². The number of carbonyl (C=O) groups is 2. The highest BCUT2D eigenvalue weighted by atomic mass is 16.4. The fourth-order valence-electron chi connectivity index (χ4n) is 3.43. The van der Waals surface area contributed by atoms with E-state index in [0.29, 0.717) is 26.1 Å². The summed E-state index contributed by atoms with van der Waals surface area (Å²) in [6, 6.07) is 7.97. The van der Waals surface area contributed by atoms with Gasteiger partial charge in [-0.2, -0.15) is 0 Å². The first-order valence-corrected chi connectivity index (χ1v) is 8.38. The Balaban J connectivity index is 1.57. The molecule has 0 radical (unpaired) electrons. The lowest BCUT2D eigenvalue weighted by molar-refractivity contribution is -0.143. The normalized spacial score (nSPS) is 17.9. The van der Waals surface area contributed by atoms with Crippen molar-refractivity contribution >= 4 is 22.9 Å². The molecular weight excluding hydrogens is 306 g/mol. The number of aromatic nitrogens is 1. The number of urea groups is 1. The first-order chi connectivity index (χ1) is 11.6. The second-order valence-corrected chi connectivity index (χ2v) is 6.38. The first kappa shape index (κ1) is 16.4. The van der Waals surface area contributed by atoms with Crippen molar-refractivity contribution in [2.45, 2.75) is 26.2 Å². The molecule has 24 heavy (non-hydrogen) atoms. The highest BCUT2D eigenvalue weighted by molar-refractivity contribution is 5.84. The summed E-state index contributed by atoms with van der Waals surface area (Å²) in [6.45, 7) is 3.50. The van der Waals surface area contributed by atoms with E-state index in [1.165, 1.54) is 10.9 Å². The molecule has 6 nitrogen and oxygen atoms in total.